The minimum Gasteiger partial charge on any atom is -0.491 e. The van der Waals surface area contributed by atoms with E-state index in [0.717, 1.165) is 19.6 Å². The van der Waals surface area contributed by atoms with Gasteiger partial charge in [0, 0.05) is 29.6 Å². The lowest BCUT2D eigenvalue weighted by molar-refractivity contribution is -0.0456. The molecule has 2 aromatic rings. The third kappa shape index (κ3) is 2.78. The van der Waals surface area contributed by atoms with Crippen molar-refractivity contribution in [3.63, 3.8) is 0 Å². The largest absolute Gasteiger partial charge is 0.491 e. The molecule has 2 unspecified atom stereocenters. The van der Waals surface area contributed by atoms with Gasteiger partial charge in [0.1, 0.15) is 0 Å². The number of nitrogens with zero attached hydrogens (tertiary/aromatic N) is 2. The van der Waals surface area contributed by atoms with Crippen molar-refractivity contribution in [3.8, 4) is 5.75 Å². The van der Waals surface area contributed by atoms with Gasteiger partial charge in [-0.15, -0.1) is 6.58 Å². The summed E-state index contributed by atoms with van der Waals surface area (Å²) in [4.78, 5) is 5.30. The van der Waals surface area contributed by atoms with E-state index in [9.17, 15) is 22.7 Å². The maximum atomic E-state index is 14.9. The second kappa shape index (κ2) is 7.00. The first-order valence-corrected chi connectivity index (χ1v) is 9.12. The Hall–Kier alpha value is -2.19. The summed E-state index contributed by atoms with van der Waals surface area (Å²) in [5, 5.41) is 10.5. The van der Waals surface area contributed by atoms with Crippen LogP contribution in [-0.4, -0.2) is 41.2 Å². The van der Waals surface area contributed by atoms with Crippen LogP contribution in [0.4, 0.5) is 17.6 Å². The minimum absolute atomic E-state index is 0.263. The van der Waals surface area contributed by atoms with E-state index < -0.39 is 57.8 Å². The highest BCUT2D eigenvalue weighted by molar-refractivity contribution is 5.85. The molecule has 1 aromatic heterocycles. The van der Waals surface area contributed by atoms with Gasteiger partial charge in [-0.25, -0.2) is 18.2 Å². The zero-order valence-electron chi connectivity index (χ0n) is 15.3. The van der Waals surface area contributed by atoms with Gasteiger partial charge in [-0.05, 0) is 31.2 Å². The number of aromatic nitrogens is 1. The molecule has 8 heteroatoms. The van der Waals surface area contributed by atoms with Crippen molar-refractivity contribution >= 4 is 10.9 Å². The molecule has 3 fully saturated rings. The maximum Gasteiger partial charge on any atom is 0.249 e. The molecule has 2 bridgehead atoms. The molecule has 0 aliphatic carbocycles. The number of halogens is 4. The summed E-state index contributed by atoms with van der Waals surface area (Å²) in [6.45, 7) is 5.17. The molecule has 0 saturated carbocycles. The van der Waals surface area contributed by atoms with E-state index in [1.807, 2.05) is 11.0 Å². The van der Waals surface area contributed by atoms with E-state index in [-0.39, 0.29) is 11.8 Å². The first kappa shape index (κ1) is 19.1. The van der Waals surface area contributed by atoms with Gasteiger partial charge in [-0.3, -0.25) is 4.90 Å². The Morgan fingerprint density at radius 2 is 2.07 bits per heavy atom. The van der Waals surface area contributed by atoms with Crippen LogP contribution in [0.1, 0.15) is 24.5 Å². The number of aliphatic hydroxyl groups is 1. The highest BCUT2D eigenvalue weighted by Gasteiger charge is 2.43. The molecule has 1 N–H and O–H groups in total. The second-order valence-corrected chi connectivity index (χ2v) is 7.42. The van der Waals surface area contributed by atoms with Gasteiger partial charge >= 0.3 is 0 Å². The highest BCUT2D eigenvalue weighted by atomic mass is 19.2. The number of aliphatic hydroxyl groups excluding tert-OH is 1. The van der Waals surface area contributed by atoms with Crippen molar-refractivity contribution in [1.29, 1.82) is 0 Å². The fourth-order valence-corrected chi connectivity index (χ4v) is 4.67. The Labute approximate surface area is 159 Å². The summed E-state index contributed by atoms with van der Waals surface area (Å²) in [7, 11) is 1.07. The summed E-state index contributed by atoms with van der Waals surface area (Å²) < 4.78 is 62.4. The Kier molecular flexibility index (Phi) is 4.79. The number of pyridine rings is 1. The molecule has 1 aromatic carbocycles. The molecule has 5 rings (SSSR count). The van der Waals surface area contributed by atoms with E-state index in [0.29, 0.717) is 19.5 Å². The summed E-state index contributed by atoms with van der Waals surface area (Å²) in [5.74, 6) is -5.44. The zero-order valence-corrected chi connectivity index (χ0v) is 15.3. The molecular formula is C20H20F4N2O2. The Morgan fingerprint density at radius 1 is 1.32 bits per heavy atom. The van der Waals surface area contributed by atoms with E-state index in [1.54, 1.807) is 0 Å². The summed E-state index contributed by atoms with van der Waals surface area (Å²) in [5.41, 5.74) is -0.963. The quantitative estimate of drug-likeness (QED) is 0.486. The molecule has 0 radical (unpaired) electrons. The fraction of sp³-hybridized carbons (Fsp3) is 0.450. The summed E-state index contributed by atoms with van der Waals surface area (Å²) in [6, 6.07) is 0.265. The number of methoxy groups -OCH3 is 1. The SMILES string of the molecule is C=C[C@H]1CN2CCC1C[C@H]2[C@H](O)c1c(F)c(F)nc2cc(F)c(OC)c(F)c12. The fourth-order valence-electron chi connectivity index (χ4n) is 4.67. The van der Waals surface area contributed by atoms with Gasteiger partial charge in [0.25, 0.3) is 0 Å². The van der Waals surface area contributed by atoms with Crippen LogP contribution in [0, 0.1) is 35.2 Å². The van der Waals surface area contributed by atoms with Gasteiger partial charge in [0.15, 0.2) is 23.2 Å². The van der Waals surface area contributed by atoms with Crippen molar-refractivity contribution in [2.75, 3.05) is 20.2 Å². The van der Waals surface area contributed by atoms with Crippen LogP contribution in [0.25, 0.3) is 10.9 Å². The van der Waals surface area contributed by atoms with E-state index in [2.05, 4.69) is 11.6 Å². The van der Waals surface area contributed by atoms with Crippen molar-refractivity contribution in [1.82, 2.24) is 9.88 Å². The Bertz CT molecular complexity index is 952. The van der Waals surface area contributed by atoms with Crippen molar-refractivity contribution in [3.05, 3.63) is 47.7 Å². The van der Waals surface area contributed by atoms with Gasteiger partial charge in [-0.2, -0.15) is 4.39 Å². The minimum atomic E-state index is -1.51. The molecule has 3 aliphatic heterocycles. The number of piperidine rings is 3. The van der Waals surface area contributed by atoms with E-state index in [1.165, 1.54) is 0 Å². The van der Waals surface area contributed by atoms with Crippen LogP contribution >= 0.6 is 0 Å². The van der Waals surface area contributed by atoms with Crippen molar-refractivity contribution in [2.24, 2.45) is 11.8 Å². The van der Waals surface area contributed by atoms with Gasteiger partial charge in [0.2, 0.25) is 5.95 Å². The first-order valence-electron chi connectivity index (χ1n) is 9.12. The molecule has 0 spiro atoms. The molecule has 0 amide bonds. The highest BCUT2D eigenvalue weighted by Crippen LogP contribution is 2.44. The maximum absolute atomic E-state index is 14.9. The zero-order chi connectivity index (χ0) is 20.2. The normalized spacial score (nSPS) is 27.8. The molecule has 28 heavy (non-hydrogen) atoms. The van der Waals surface area contributed by atoms with Crippen LogP contribution in [0.2, 0.25) is 0 Å². The molecule has 3 aliphatic rings. The van der Waals surface area contributed by atoms with Gasteiger partial charge in [0.05, 0.1) is 18.7 Å². The predicted octanol–water partition coefficient (Wildman–Crippen LogP) is 3.73. The standard InChI is InChI=1S/C20H20F4N2O2/c1-3-9-8-26-5-4-10(9)6-13(26)18(27)15-14-12(25-20(24)17(15)23)7-11(21)19(28-2)16(14)22/h3,7,9-10,13,18,27H,1,4-6,8H2,2H3/t9-,10?,13-,18-/m0/s1. The van der Waals surface area contributed by atoms with Crippen LogP contribution in [0.15, 0.2) is 18.7 Å². The number of hydrogen-bond acceptors (Lipinski definition) is 4. The molecule has 150 valence electrons. The van der Waals surface area contributed by atoms with E-state index >= 15 is 0 Å². The average Bonchev–Trinajstić information content (AvgIpc) is 2.69. The van der Waals surface area contributed by atoms with Gasteiger partial charge < -0.3 is 9.84 Å². The molecule has 3 saturated heterocycles. The monoisotopic (exact) mass is 396 g/mol. The average molecular weight is 396 g/mol. The molecule has 4 nitrogen and oxygen atoms in total. The second-order valence-electron chi connectivity index (χ2n) is 7.42. The number of fused-ring (bicyclic) bond motifs is 4. The lowest BCUT2D eigenvalue weighted by atomic mass is 9.73. The summed E-state index contributed by atoms with van der Waals surface area (Å²) in [6.07, 6.45) is 1.83. The summed E-state index contributed by atoms with van der Waals surface area (Å²) >= 11 is 0. The lowest BCUT2D eigenvalue weighted by Crippen LogP contribution is -2.55. The van der Waals surface area contributed by atoms with Crippen molar-refractivity contribution < 1.29 is 27.4 Å². The number of rotatable bonds is 4. The smallest absolute Gasteiger partial charge is 0.249 e. The Morgan fingerprint density at radius 3 is 2.68 bits per heavy atom. The number of hydrogen-bond donors (Lipinski definition) is 1. The Balaban J connectivity index is 1.86. The van der Waals surface area contributed by atoms with Crippen molar-refractivity contribution in [2.45, 2.75) is 25.0 Å². The van der Waals surface area contributed by atoms with Crippen LogP contribution < -0.4 is 4.74 Å². The molecule has 4 heterocycles. The van der Waals surface area contributed by atoms with Crippen LogP contribution in [-0.2, 0) is 0 Å². The van der Waals surface area contributed by atoms with Crippen LogP contribution in [0.5, 0.6) is 5.75 Å². The molecule has 5 atom stereocenters. The number of ether oxygens (including phenoxy) is 1. The molecular weight excluding hydrogens is 376 g/mol. The first-order chi connectivity index (χ1) is 13.4. The van der Waals surface area contributed by atoms with Gasteiger partial charge in [-0.1, -0.05) is 6.08 Å². The third-order valence-corrected chi connectivity index (χ3v) is 6.08. The van der Waals surface area contributed by atoms with E-state index in [4.69, 9.17) is 4.74 Å². The third-order valence-electron chi connectivity index (χ3n) is 6.08. The van der Waals surface area contributed by atoms with Crippen LogP contribution in [0.3, 0.4) is 0 Å². The topological polar surface area (TPSA) is 45.6 Å². The predicted molar refractivity (Wildman–Crippen MR) is 94.9 cm³/mol. The lowest BCUT2D eigenvalue weighted by Gasteiger charge is -2.50. The number of benzene rings is 1.